The van der Waals surface area contributed by atoms with Gasteiger partial charge in [-0.3, -0.25) is 4.90 Å². The molecule has 0 N–H and O–H groups in total. The smallest absolute Gasteiger partial charge is 0.205 e. The van der Waals surface area contributed by atoms with Crippen LogP contribution in [0.5, 0.6) is 5.75 Å². The van der Waals surface area contributed by atoms with Crippen LogP contribution in [-0.4, -0.2) is 27.4 Å². The molecule has 0 radical (unpaired) electrons. The van der Waals surface area contributed by atoms with Crippen LogP contribution in [0, 0.1) is 0 Å². The van der Waals surface area contributed by atoms with Crippen molar-refractivity contribution in [3.05, 3.63) is 96.1 Å². The van der Waals surface area contributed by atoms with Crippen molar-refractivity contribution in [2.45, 2.75) is 6.17 Å². The van der Waals surface area contributed by atoms with Crippen LogP contribution in [-0.2, 0) is 0 Å². The molecule has 0 amide bonds. The molecule has 1 atom stereocenters. The number of thiocarbonyl (C=S) groups is 1. The molecule has 0 spiro atoms. The van der Waals surface area contributed by atoms with Gasteiger partial charge in [0.25, 0.3) is 0 Å². The van der Waals surface area contributed by atoms with Crippen molar-refractivity contribution in [1.29, 1.82) is 0 Å². The van der Waals surface area contributed by atoms with E-state index in [2.05, 4.69) is 0 Å². The lowest BCUT2D eigenvalue weighted by atomic mass is 10.1. The predicted octanol–water partition coefficient (Wildman–Crippen LogP) is 5.27. The molecule has 0 aliphatic carbocycles. The molecule has 3 aromatic rings. The summed E-state index contributed by atoms with van der Waals surface area (Å²) in [5.41, 5.74) is 3.05. The zero-order chi connectivity index (χ0) is 20.5. The number of anilines is 1. The highest BCUT2D eigenvalue weighted by molar-refractivity contribution is 8.27. The van der Waals surface area contributed by atoms with Gasteiger partial charge in [-0.2, -0.15) is 10.1 Å². The second-order valence-corrected chi connectivity index (χ2v) is 8.05. The molecule has 2 heterocycles. The molecule has 2 aliphatic rings. The number of aliphatic imine (C=N–C) groups is 1. The third-order valence-electron chi connectivity index (χ3n) is 4.89. The lowest BCUT2D eigenvalue weighted by Crippen LogP contribution is -2.47. The van der Waals surface area contributed by atoms with E-state index in [9.17, 15) is 0 Å². The first-order valence-electron chi connectivity index (χ1n) is 9.46. The molecule has 0 saturated heterocycles. The minimum atomic E-state index is -0.283. The highest BCUT2D eigenvalue weighted by Crippen LogP contribution is 2.39. The third-order valence-corrected chi connectivity index (χ3v) is 6.23. The number of hydrogen-bond acceptors (Lipinski definition) is 5. The van der Waals surface area contributed by atoms with Crippen LogP contribution in [0.4, 0.5) is 5.69 Å². The number of methoxy groups -OCH3 is 1. The second kappa shape index (κ2) is 7.93. The van der Waals surface area contributed by atoms with Gasteiger partial charge < -0.3 is 4.74 Å². The van der Waals surface area contributed by atoms with Crippen LogP contribution in [0.1, 0.15) is 17.3 Å². The number of rotatable bonds is 4. The first-order chi connectivity index (χ1) is 14.7. The average Bonchev–Trinajstić information content (AvgIpc) is 3.25. The molecule has 7 heteroatoms. The van der Waals surface area contributed by atoms with E-state index in [1.54, 1.807) is 23.9 Å². The lowest BCUT2D eigenvalue weighted by Gasteiger charge is -2.37. The number of fused-ring (bicyclic) bond motifs is 1. The number of hydrazone groups is 1. The maximum atomic E-state index is 5.90. The van der Waals surface area contributed by atoms with Crippen LogP contribution in [0.15, 0.2) is 95.0 Å². The van der Waals surface area contributed by atoms with Crippen molar-refractivity contribution < 1.29 is 4.74 Å². The molecule has 3 aromatic carbocycles. The highest BCUT2D eigenvalue weighted by atomic mass is 32.2. The maximum Gasteiger partial charge on any atom is 0.205 e. The largest absolute Gasteiger partial charge is 0.497 e. The van der Waals surface area contributed by atoms with E-state index in [1.165, 1.54) is 0 Å². The predicted molar refractivity (Wildman–Crippen MR) is 127 cm³/mol. The molecule has 2 aliphatic heterocycles. The Morgan fingerprint density at radius 1 is 0.900 bits per heavy atom. The summed E-state index contributed by atoms with van der Waals surface area (Å²) in [7, 11) is 1.66. The van der Waals surface area contributed by atoms with Gasteiger partial charge in [-0.05, 0) is 53.8 Å². The molecule has 0 aromatic heterocycles. The van der Waals surface area contributed by atoms with Crippen molar-refractivity contribution >= 4 is 45.0 Å². The normalized spacial score (nSPS) is 18.0. The number of hydrogen-bond donors (Lipinski definition) is 0. The SMILES string of the molecule is COc1ccc([C@@H]2N=C3SC(c4ccccc4)=NN3C(=S)N2c2ccccc2)cc1. The van der Waals surface area contributed by atoms with E-state index in [0.717, 1.165) is 32.8 Å². The number of nitrogens with zero attached hydrogens (tertiary/aromatic N) is 4. The minimum Gasteiger partial charge on any atom is -0.497 e. The lowest BCUT2D eigenvalue weighted by molar-refractivity contribution is 0.414. The van der Waals surface area contributed by atoms with Gasteiger partial charge in [0.2, 0.25) is 5.11 Å². The molecule has 0 saturated carbocycles. The number of para-hydroxylation sites is 1. The molecule has 0 bridgehead atoms. The van der Waals surface area contributed by atoms with Gasteiger partial charge in [0.05, 0.1) is 7.11 Å². The quantitative estimate of drug-likeness (QED) is 0.528. The number of benzene rings is 3. The van der Waals surface area contributed by atoms with E-state index in [1.807, 2.05) is 89.8 Å². The van der Waals surface area contributed by atoms with Gasteiger partial charge in [0, 0.05) is 11.3 Å². The van der Waals surface area contributed by atoms with Crippen molar-refractivity contribution in [1.82, 2.24) is 5.01 Å². The van der Waals surface area contributed by atoms with E-state index >= 15 is 0 Å². The Bertz CT molecular complexity index is 1130. The number of ether oxygens (including phenoxy) is 1. The molecular formula is C23H18N4OS2. The molecule has 148 valence electrons. The monoisotopic (exact) mass is 430 g/mol. The van der Waals surface area contributed by atoms with E-state index < -0.39 is 0 Å². The third kappa shape index (κ3) is 3.36. The summed E-state index contributed by atoms with van der Waals surface area (Å²) in [6.45, 7) is 0. The Kier molecular flexibility index (Phi) is 4.98. The van der Waals surface area contributed by atoms with Gasteiger partial charge >= 0.3 is 0 Å². The first kappa shape index (κ1) is 18.8. The zero-order valence-electron chi connectivity index (χ0n) is 16.2. The fourth-order valence-electron chi connectivity index (χ4n) is 3.40. The van der Waals surface area contributed by atoms with Crippen LogP contribution in [0.2, 0.25) is 0 Å². The molecule has 5 nitrogen and oxygen atoms in total. The summed E-state index contributed by atoms with van der Waals surface area (Å²) < 4.78 is 5.32. The van der Waals surface area contributed by atoms with Crippen LogP contribution in [0.3, 0.4) is 0 Å². The minimum absolute atomic E-state index is 0.283. The van der Waals surface area contributed by atoms with Crippen molar-refractivity contribution in [3.63, 3.8) is 0 Å². The average molecular weight is 431 g/mol. The fraction of sp³-hybridized carbons (Fsp3) is 0.0870. The van der Waals surface area contributed by atoms with Crippen LogP contribution < -0.4 is 9.64 Å². The Balaban J connectivity index is 1.58. The van der Waals surface area contributed by atoms with Crippen LogP contribution in [0.25, 0.3) is 0 Å². The summed E-state index contributed by atoms with van der Waals surface area (Å²) in [5.74, 6) is 0.808. The van der Waals surface area contributed by atoms with Crippen molar-refractivity contribution in [2.75, 3.05) is 12.0 Å². The molecule has 0 fully saturated rings. The van der Waals surface area contributed by atoms with Crippen molar-refractivity contribution in [3.8, 4) is 5.75 Å². The number of amidine groups is 1. The molecular weight excluding hydrogens is 412 g/mol. The maximum absolute atomic E-state index is 5.90. The van der Waals surface area contributed by atoms with E-state index in [0.29, 0.717) is 5.11 Å². The van der Waals surface area contributed by atoms with E-state index in [-0.39, 0.29) is 6.17 Å². The van der Waals surface area contributed by atoms with Gasteiger partial charge in [-0.15, -0.1) is 0 Å². The highest BCUT2D eigenvalue weighted by Gasteiger charge is 2.39. The van der Waals surface area contributed by atoms with Gasteiger partial charge in [0.15, 0.2) is 11.3 Å². The molecule has 0 unspecified atom stereocenters. The zero-order valence-corrected chi connectivity index (χ0v) is 17.8. The Morgan fingerprint density at radius 2 is 1.57 bits per heavy atom. The first-order valence-corrected chi connectivity index (χ1v) is 10.7. The molecule has 5 rings (SSSR count). The van der Waals surface area contributed by atoms with Crippen molar-refractivity contribution in [2.24, 2.45) is 10.1 Å². The van der Waals surface area contributed by atoms with Crippen LogP contribution >= 0.6 is 24.0 Å². The summed E-state index contributed by atoms with van der Waals surface area (Å²) >= 11 is 7.44. The summed E-state index contributed by atoms with van der Waals surface area (Å²) in [5, 5.41) is 8.81. The standard InChI is InChI=1S/C23H18N4OS2/c1-28-19-14-12-16(13-15-19)20-24-22-27(23(29)26(20)18-10-6-3-7-11-18)25-21(30-22)17-8-4-2-5-9-17/h2-15,20H,1H3/t20-/m1/s1. The topological polar surface area (TPSA) is 40.4 Å². The van der Waals surface area contributed by atoms with Gasteiger partial charge in [-0.1, -0.05) is 60.7 Å². The summed E-state index contributed by atoms with van der Waals surface area (Å²) in [6.07, 6.45) is -0.283. The van der Waals surface area contributed by atoms with Gasteiger partial charge in [-0.25, -0.2) is 4.99 Å². The fourth-order valence-corrected chi connectivity index (χ4v) is 4.70. The van der Waals surface area contributed by atoms with E-state index in [4.69, 9.17) is 27.0 Å². The second-order valence-electron chi connectivity index (χ2n) is 6.73. The number of thioether (sulfide) groups is 1. The Labute approximate surface area is 184 Å². The van der Waals surface area contributed by atoms with Gasteiger partial charge in [0.1, 0.15) is 10.8 Å². The summed E-state index contributed by atoms with van der Waals surface area (Å²) in [6, 6.07) is 28.1. The summed E-state index contributed by atoms with van der Waals surface area (Å²) in [4.78, 5) is 7.08. The Hall–Kier alpha value is -3.16. The molecule has 30 heavy (non-hydrogen) atoms. The Morgan fingerprint density at radius 3 is 2.23 bits per heavy atom.